The van der Waals surface area contributed by atoms with Crippen molar-refractivity contribution in [2.75, 3.05) is 39.5 Å². The van der Waals surface area contributed by atoms with Crippen molar-refractivity contribution in [1.29, 1.82) is 0 Å². The minimum atomic E-state index is -3.20. The molecule has 166 valence electrons. The Labute approximate surface area is 187 Å². The summed E-state index contributed by atoms with van der Waals surface area (Å²) in [6.07, 6.45) is 15.9. The molecule has 0 rings (SSSR count). The zero-order valence-electron chi connectivity index (χ0n) is 18.5. The molecule has 4 nitrogen and oxygen atoms in total. The first-order chi connectivity index (χ1) is 12.3. The third-order valence-electron chi connectivity index (χ3n) is 5.32. The molecular formula is C21H47IN2O2S. The Morgan fingerprint density at radius 1 is 0.704 bits per heavy atom. The Balaban J connectivity index is 0. The maximum Gasteiger partial charge on any atom is 0.0765 e. The van der Waals surface area contributed by atoms with Gasteiger partial charge in [-0.3, -0.25) is 0 Å². The van der Waals surface area contributed by atoms with Crippen LogP contribution in [0.2, 0.25) is 0 Å². The molecule has 0 heterocycles. The molecule has 0 bridgehead atoms. The van der Waals surface area contributed by atoms with Crippen molar-refractivity contribution in [3.8, 4) is 0 Å². The normalized spacial score (nSPS) is 12.1. The van der Waals surface area contributed by atoms with Gasteiger partial charge in [-0.25, -0.2) is 8.42 Å². The van der Waals surface area contributed by atoms with Crippen LogP contribution in [-0.2, 0) is 10.0 Å². The van der Waals surface area contributed by atoms with Gasteiger partial charge in [-0.05, 0) is 19.8 Å². The van der Waals surface area contributed by atoms with E-state index in [4.69, 9.17) is 0 Å². The minimum Gasteiger partial charge on any atom is -0.549 e. The summed E-state index contributed by atoms with van der Waals surface area (Å²) in [5.41, 5.74) is 0. The average Bonchev–Trinajstić information content (AvgIpc) is 2.60. The van der Waals surface area contributed by atoms with Crippen molar-refractivity contribution in [3.05, 3.63) is 4.72 Å². The summed E-state index contributed by atoms with van der Waals surface area (Å²) in [7, 11) is 1.13. The summed E-state index contributed by atoms with van der Waals surface area (Å²) >= 11 is 0. The monoisotopic (exact) mass is 518 g/mol. The second kappa shape index (κ2) is 18.6. The van der Waals surface area contributed by atoms with Crippen LogP contribution in [0.25, 0.3) is 4.72 Å². The van der Waals surface area contributed by atoms with Gasteiger partial charge in [-0.1, -0.05) is 77.6 Å². The van der Waals surface area contributed by atoms with Crippen molar-refractivity contribution >= 4 is 34.0 Å². The molecule has 0 saturated heterocycles. The van der Waals surface area contributed by atoms with Gasteiger partial charge in [-0.15, -0.1) is 30.5 Å². The van der Waals surface area contributed by atoms with Crippen LogP contribution in [0, 0.1) is 0 Å². The van der Waals surface area contributed by atoms with Crippen molar-refractivity contribution in [2.45, 2.75) is 97.3 Å². The van der Waals surface area contributed by atoms with Crippen LogP contribution in [0.15, 0.2) is 0 Å². The highest BCUT2D eigenvalue weighted by Crippen LogP contribution is 2.13. The van der Waals surface area contributed by atoms with Crippen molar-refractivity contribution in [2.24, 2.45) is 0 Å². The molecule has 0 N–H and O–H groups in total. The number of unbranched alkanes of at least 4 members (excludes halogenated alkanes) is 11. The number of halogens is 1. The van der Waals surface area contributed by atoms with E-state index in [-0.39, 0.29) is 29.7 Å². The fraction of sp³-hybridized carbons (Fsp3) is 1.00. The number of nitrogens with zero attached hydrogens (tertiary/aromatic N) is 2. The van der Waals surface area contributed by atoms with Crippen LogP contribution in [0.1, 0.15) is 97.3 Å². The minimum absolute atomic E-state index is 0. The van der Waals surface area contributed by atoms with Gasteiger partial charge >= 0.3 is 0 Å². The van der Waals surface area contributed by atoms with Crippen molar-refractivity contribution in [1.82, 2.24) is 0 Å². The Morgan fingerprint density at radius 3 is 1.59 bits per heavy atom. The molecular weight excluding hydrogens is 471 g/mol. The van der Waals surface area contributed by atoms with Gasteiger partial charge in [0.1, 0.15) is 0 Å². The molecule has 0 amide bonds. The highest BCUT2D eigenvalue weighted by atomic mass is 127. The zero-order chi connectivity index (χ0) is 19.7. The van der Waals surface area contributed by atoms with Crippen LogP contribution in [-0.4, -0.2) is 52.4 Å². The molecule has 6 heteroatoms. The summed E-state index contributed by atoms with van der Waals surface area (Å²) < 4.78 is 28.7. The Morgan fingerprint density at radius 2 is 1.15 bits per heavy atom. The molecule has 0 aromatic rings. The van der Waals surface area contributed by atoms with E-state index in [0.717, 1.165) is 43.3 Å². The number of hydrogen-bond donors (Lipinski definition) is 0. The van der Waals surface area contributed by atoms with Crippen molar-refractivity contribution < 1.29 is 12.9 Å². The summed E-state index contributed by atoms with van der Waals surface area (Å²) in [4.78, 5) is 0. The van der Waals surface area contributed by atoms with Crippen molar-refractivity contribution in [3.63, 3.8) is 0 Å². The molecule has 0 aliphatic heterocycles. The Kier molecular flexibility index (Phi) is 20.5. The third-order valence-corrected chi connectivity index (χ3v) is 6.70. The lowest BCUT2D eigenvalue weighted by atomic mass is 10.1. The maximum absolute atomic E-state index is 11.9. The predicted molar refractivity (Wildman–Crippen MR) is 131 cm³/mol. The molecule has 0 aliphatic carbocycles. The second-order valence-corrected chi connectivity index (χ2v) is 10.2. The SMILES string of the molecule is CCCCCCCCCCCCCCS(=O)(=O)[N-]CCC[N+](C)(C)CC.I. The number of sulfonamides is 1. The van der Waals surface area contributed by atoms with E-state index in [1.54, 1.807) is 0 Å². The van der Waals surface area contributed by atoms with Gasteiger partial charge in [0.15, 0.2) is 0 Å². The lowest BCUT2D eigenvalue weighted by molar-refractivity contribution is -0.888. The Bertz CT molecular complexity index is 414. The van der Waals surface area contributed by atoms with E-state index in [2.05, 4.69) is 32.7 Å². The number of rotatable bonds is 19. The smallest absolute Gasteiger partial charge is 0.0765 e. The van der Waals surface area contributed by atoms with Gasteiger partial charge in [0.05, 0.1) is 37.2 Å². The van der Waals surface area contributed by atoms with Gasteiger partial charge < -0.3 is 9.21 Å². The van der Waals surface area contributed by atoms with E-state index >= 15 is 0 Å². The van der Waals surface area contributed by atoms with Gasteiger partial charge in [0.2, 0.25) is 0 Å². The highest BCUT2D eigenvalue weighted by Gasteiger charge is 2.09. The number of quaternary nitrogens is 1. The average molecular weight is 519 g/mol. The molecule has 0 aromatic carbocycles. The summed E-state index contributed by atoms with van der Waals surface area (Å²) in [5, 5.41) is 0. The lowest BCUT2D eigenvalue weighted by Gasteiger charge is -2.29. The Hall–Kier alpha value is 0.600. The van der Waals surface area contributed by atoms with E-state index in [1.165, 1.54) is 57.8 Å². The summed E-state index contributed by atoms with van der Waals surface area (Å²) in [5.74, 6) is 0.233. The standard InChI is InChI=1S/C21H46N2O2S.HI/c1-5-7-8-9-10-11-12-13-14-15-16-17-21-26(24,25)22-19-18-20-23(3,4)6-2;/h5-21H2,1-4H3;1H. The first-order valence-electron chi connectivity index (χ1n) is 11.1. The predicted octanol–water partition coefficient (Wildman–Crippen LogP) is 6.50. The summed E-state index contributed by atoms with van der Waals surface area (Å²) in [6.45, 7) is 6.90. The van der Waals surface area contributed by atoms with Crippen LogP contribution in [0.5, 0.6) is 0 Å². The van der Waals surface area contributed by atoms with E-state index in [9.17, 15) is 8.42 Å². The molecule has 0 unspecified atom stereocenters. The third kappa shape index (κ3) is 21.1. The molecule has 0 spiro atoms. The maximum atomic E-state index is 11.9. The first kappa shape index (κ1) is 29.8. The molecule has 0 radical (unpaired) electrons. The molecule has 27 heavy (non-hydrogen) atoms. The van der Waals surface area contributed by atoms with Crippen LogP contribution < -0.4 is 0 Å². The zero-order valence-corrected chi connectivity index (χ0v) is 21.7. The van der Waals surface area contributed by atoms with Gasteiger partial charge in [0.25, 0.3) is 0 Å². The molecule has 0 fully saturated rings. The summed E-state index contributed by atoms with van der Waals surface area (Å²) in [6, 6.07) is 0. The molecule has 0 aromatic heterocycles. The second-order valence-electron chi connectivity index (χ2n) is 8.36. The van der Waals surface area contributed by atoms with Gasteiger partial charge in [0, 0.05) is 5.75 Å². The largest absolute Gasteiger partial charge is 0.549 e. The molecule has 0 aliphatic rings. The molecule has 0 atom stereocenters. The van der Waals surface area contributed by atoms with Crippen LogP contribution in [0.4, 0.5) is 0 Å². The topological polar surface area (TPSA) is 48.2 Å². The first-order valence-corrected chi connectivity index (χ1v) is 12.7. The fourth-order valence-electron chi connectivity index (χ4n) is 3.05. The lowest BCUT2D eigenvalue weighted by Crippen LogP contribution is -2.40. The highest BCUT2D eigenvalue weighted by molar-refractivity contribution is 14.0. The van der Waals surface area contributed by atoms with E-state index < -0.39 is 10.0 Å². The number of hydrogen-bond acceptors (Lipinski definition) is 2. The molecule has 0 saturated carbocycles. The quantitative estimate of drug-likeness (QED) is 0.111. The van der Waals surface area contributed by atoms with Crippen LogP contribution in [0.3, 0.4) is 0 Å². The van der Waals surface area contributed by atoms with E-state index in [0.29, 0.717) is 6.54 Å². The van der Waals surface area contributed by atoms with E-state index in [1.807, 2.05) is 0 Å². The fourth-order valence-corrected chi connectivity index (χ4v) is 4.16. The van der Waals surface area contributed by atoms with Crippen LogP contribution >= 0.6 is 24.0 Å². The van der Waals surface area contributed by atoms with Gasteiger partial charge in [-0.2, -0.15) is 0 Å².